The summed E-state index contributed by atoms with van der Waals surface area (Å²) >= 11 is 4.34. The maximum Gasteiger partial charge on any atom is 0.271 e. The highest BCUT2D eigenvalue weighted by atomic mass is 79.9. The first-order chi connectivity index (χ1) is 13.8. The Morgan fingerprint density at radius 2 is 2.07 bits per heavy atom. The molecular weight excluding hydrogens is 460 g/mol. The number of hydrogen-bond acceptors (Lipinski definition) is 7. The van der Waals surface area contributed by atoms with Crippen LogP contribution in [0.15, 0.2) is 22.2 Å². The molecule has 8 nitrogen and oxygen atoms in total. The van der Waals surface area contributed by atoms with E-state index in [1.807, 2.05) is 0 Å². The summed E-state index contributed by atoms with van der Waals surface area (Å²) in [6.07, 6.45) is 4.70. The molecule has 1 heterocycles. The predicted molar refractivity (Wildman–Crippen MR) is 110 cm³/mol. The standard InChI is InChI=1S/C19H13BrN4O4S/c20-15-7-12(24(27)28)6-10(17(15)25)5-11(8-21)18(26)23-19-14(9-22)13-3-1-2-4-16(13)29-19/h5-7,25H,1-4H2,(H,23,26)/b11-5+. The molecule has 10 heteroatoms. The van der Waals surface area contributed by atoms with Crippen LogP contribution in [0.4, 0.5) is 10.7 Å². The summed E-state index contributed by atoms with van der Waals surface area (Å²) in [5.41, 5.74) is 0.640. The van der Waals surface area contributed by atoms with E-state index >= 15 is 0 Å². The summed E-state index contributed by atoms with van der Waals surface area (Å²) in [6, 6.07) is 6.05. The Hall–Kier alpha value is -3.21. The third-order valence-electron chi connectivity index (χ3n) is 4.46. The van der Waals surface area contributed by atoms with Crippen LogP contribution in [0.3, 0.4) is 0 Å². The fourth-order valence-corrected chi connectivity index (χ4v) is 4.77. The number of carbonyl (C=O) groups is 1. The van der Waals surface area contributed by atoms with Gasteiger partial charge >= 0.3 is 0 Å². The van der Waals surface area contributed by atoms with Gasteiger partial charge in [0.05, 0.1) is 15.0 Å². The molecule has 0 saturated carbocycles. The number of non-ortho nitro benzene ring substituents is 1. The van der Waals surface area contributed by atoms with Crippen LogP contribution in [0.2, 0.25) is 0 Å². The first kappa shape index (κ1) is 20.5. The van der Waals surface area contributed by atoms with Gasteiger partial charge in [-0.05, 0) is 53.3 Å². The normalized spacial score (nSPS) is 13.1. The number of hydrogen-bond donors (Lipinski definition) is 2. The van der Waals surface area contributed by atoms with E-state index in [-0.39, 0.29) is 27.0 Å². The lowest BCUT2D eigenvalue weighted by Crippen LogP contribution is -2.13. The highest BCUT2D eigenvalue weighted by Crippen LogP contribution is 2.38. The summed E-state index contributed by atoms with van der Waals surface area (Å²) in [4.78, 5) is 24.0. The number of phenolic OH excluding ortho intramolecular Hbond substituents is 1. The number of amides is 1. The van der Waals surface area contributed by atoms with Crippen LogP contribution in [0.5, 0.6) is 5.75 Å². The SMILES string of the molecule is N#C/C(=C\c1cc([N+](=O)[O-])cc(Br)c1O)C(=O)Nc1sc2c(c1C#N)CCCC2. The van der Waals surface area contributed by atoms with Crippen LogP contribution in [-0.2, 0) is 17.6 Å². The number of benzene rings is 1. The van der Waals surface area contributed by atoms with Crippen LogP contribution < -0.4 is 5.32 Å². The van der Waals surface area contributed by atoms with Crippen molar-refractivity contribution in [3.8, 4) is 17.9 Å². The smallest absolute Gasteiger partial charge is 0.271 e. The first-order valence-corrected chi connectivity index (χ1v) is 10.1. The van der Waals surface area contributed by atoms with E-state index in [1.54, 1.807) is 6.07 Å². The average Bonchev–Trinajstić information content (AvgIpc) is 3.05. The van der Waals surface area contributed by atoms with Crippen LogP contribution in [0, 0.1) is 32.8 Å². The molecule has 0 saturated heterocycles. The zero-order valence-corrected chi connectivity index (χ0v) is 17.3. The van der Waals surface area contributed by atoms with E-state index in [1.165, 1.54) is 11.3 Å². The molecule has 2 aromatic rings. The quantitative estimate of drug-likeness (QED) is 0.292. The van der Waals surface area contributed by atoms with Crippen molar-refractivity contribution in [3.05, 3.63) is 53.9 Å². The number of anilines is 1. The fourth-order valence-electron chi connectivity index (χ4n) is 3.07. The van der Waals surface area contributed by atoms with Crippen molar-refractivity contribution in [1.82, 2.24) is 0 Å². The monoisotopic (exact) mass is 472 g/mol. The molecule has 29 heavy (non-hydrogen) atoms. The largest absolute Gasteiger partial charge is 0.506 e. The molecule has 1 amide bonds. The number of aromatic hydroxyl groups is 1. The molecule has 146 valence electrons. The Kier molecular flexibility index (Phi) is 5.97. The minimum Gasteiger partial charge on any atom is -0.506 e. The fraction of sp³-hybridized carbons (Fsp3) is 0.211. The average molecular weight is 473 g/mol. The summed E-state index contributed by atoms with van der Waals surface area (Å²) < 4.78 is 0.0633. The third kappa shape index (κ3) is 4.14. The van der Waals surface area contributed by atoms with Crippen LogP contribution in [-0.4, -0.2) is 15.9 Å². The molecule has 3 rings (SSSR count). The van der Waals surface area contributed by atoms with E-state index in [9.17, 15) is 30.5 Å². The molecule has 0 radical (unpaired) electrons. The van der Waals surface area contributed by atoms with Gasteiger partial charge in [-0.2, -0.15) is 10.5 Å². The van der Waals surface area contributed by atoms with E-state index < -0.39 is 10.8 Å². The molecule has 1 aromatic carbocycles. The Bertz CT molecular complexity index is 1140. The summed E-state index contributed by atoms with van der Waals surface area (Å²) in [5, 5.41) is 43.0. The number of fused-ring (bicyclic) bond motifs is 1. The Labute approximate surface area is 178 Å². The third-order valence-corrected chi connectivity index (χ3v) is 6.28. The van der Waals surface area contributed by atoms with Gasteiger partial charge in [0.25, 0.3) is 11.6 Å². The van der Waals surface area contributed by atoms with Crippen LogP contribution in [0.25, 0.3) is 6.08 Å². The molecule has 0 spiro atoms. The number of nitriles is 2. The Morgan fingerprint density at radius 1 is 1.34 bits per heavy atom. The molecule has 1 aromatic heterocycles. The van der Waals surface area contributed by atoms with Gasteiger partial charge in [0, 0.05) is 22.6 Å². The second-order valence-electron chi connectivity index (χ2n) is 6.27. The second kappa shape index (κ2) is 8.43. The van der Waals surface area contributed by atoms with E-state index in [0.717, 1.165) is 54.3 Å². The topological polar surface area (TPSA) is 140 Å². The van der Waals surface area contributed by atoms with Gasteiger partial charge in [-0.1, -0.05) is 0 Å². The maximum atomic E-state index is 12.6. The first-order valence-electron chi connectivity index (χ1n) is 8.50. The van der Waals surface area contributed by atoms with Crippen molar-refractivity contribution in [3.63, 3.8) is 0 Å². The van der Waals surface area contributed by atoms with Gasteiger partial charge in [0.2, 0.25) is 0 Å². The second-order valence-corrected chi connectivity index (χ2v) is 8.23. The molecule has 0 aliphatic heterocycles. The predicted octanol–water partition coefficient (Wildman–Crippen LogP) is 4.42. The van der Waals surface area contributed by atoms with E-state index in [2.05, 4.69) is 27.3 Å². The molecule has 1 aliphatic rings. The van der Waals surface area contributed by atoms with Gasteiger partial charge in [-0.3, -0.25) is 14.9 Å². The van der Waals surface area contributed by atoms with Crippen molar-refractivity contribution < 1.29 is 14.8 Å². The minimum absolute atomic E-state index is 0.0521. The number of thiophene rings is 1. The van der Waals surface area contributed by atoms with Crippen molar-refractivity contribution in [2.24, 2.45) is 0 Å². The molecule has 2 N–H and O–H groups in total. The van der Waals surface area contributed by atoms with Gasteiger partial charge in [-0.25, -0.2) is 0 Å². The van der Waals surface area contributed by atoms with Gasteiger partial charge in [0.15, 0.2) is 0 Å². The van der Waals surface area contributed by atoms with Crippen molar-refractivity contribution >= 4 is 49.9 Å². The number of nitro groups is 1. The molecule has 0 fully saturated rings. The minimum atomic E-state index is -0.760. The molecular formula is C19H13BrN4O4S. The maximum absolute atomic E-state index is 12.6. The number of nitro benzene ring substituents is 1. The molecule has 0 atom stereocenters. The molecule has 0 bridgehead atoms. The number of phenols is 1. The van der Waals surface area contributed by atoms with Crippen molar-refractivity contribution in [2.75, 3.05) is 5.32 Å². The van der Waals surface area contributed by atoms with Crippen molar-refractivity contribution in [2.45, 2.75) is 25.7 Å². The summed E-state index contributed by atoms with van der Waals surface area (Å²) in [6.45, 7) is 0. The van der Waals surface area contributed by atoms with Gasteiger partial charge in [-0.15, -0.1) is 11.3 Å². The van der Waals surface area contributed by atoms with Crippen LogP contribution >= 0.6 is 27.3 Å². The number of carbonyl (C=O) groups excluding carboxylic acids is 1. The lowest BCUT2D eigenvalue weighted by molar-refractivity contribution is -0.385. The zero-order valence-electron chi connectivity index (χ0n) is 14.9. The lowest BCUT2D eigenvalue weighted by atomic mass is 9.96. The Morgan fingerprint density at radius 3 is 2.72 bits per heavy atom. The number of halogens is 1. The van der Waals surface area contributed by atoms with Gasteiger partial charge in [0.1, 0.15) is 28.5 Å². The zero-order chi connectivity index (χ0) is 21.1. The van der Waals surface area contributed by atoms with E-state index in [0.29, 0.717) is 10.6 Å². The van der Waals surface area contributed by atoms with Crippen molar-refractivity contribution in [1.29, 1.82) is 10.5 Å². The number of aryl methyl sites for hydroxylation is 1. The highest BCUT2D eigenvalue weighted by molar-refractivity contribution is 9.10. The summed E-state index contributed by atoms with van der Waals surface area (Å²) in [7, 11) is 0. The molecule has 1 aliphatic carbocycles. The Balaban J connectivity index is 1.95. The highest BCUT2D eigenvalue weighted by Gasteiger charge is 2.23. The van der Waals surface area contributed by atoms with E-state index in [4.69, 9.17) is 0 Å². The number of nitrogens with one attached hydrogen (secondary N) is 1. The number of nitrogens with zero attached hydrogens (tertiary/aromatic N) is 3. The van der Waals surface area contributed by atoms with Crippen LogP contribution in [0.1, 0.15) is 34.4 Å². The number of rotatable bonds is 4. The molecule has 0 unspecified atom stereocenters. The van der Waals surface area contributed by atoms with Gasteiger partial charge < -0.3 is 10.4 Å². The lowest BCUT2D eigenvalue weighted by Gasteiger charge is -2.09. The summed E-state index contributed by atoms with van der Waals surface area (Å²) in [5.74, 6) is -1.09.